The fourth-order valence-electron chi connectivity index (χ4n) is 5.09. The molecule has 0 bridgehead atoms. The number of benzene rings is 1. The van der Waals surface area contributed by atoms with E-state index >= 15 is 0 Å². The first-order valence-electron chi connectivity index (χ1n) is 15.6. The Morgan fingerprint density at radius 2 is 1.68 bits per heavy atom. The minimum atomic E-state index is -0.848. The van der Waals surface area contributed by atoms with E-state index in [0.717, 1.165) is 25.7 Å². The molecule has 12 heteroatoms. The number of rotatable bonds is 17. The second kappa shape index (κ2) is 27.5. The van der Waals surface area contributed by atoms with Crippen LogP contribution in [0.5, 0.6) is 0 Å². The summed E-state index contributed by atoms with van der Waals surface area (Å²) in [6.45, 7) is 17.6. The van der Waals surface area contributed by atoms with Crippen LogP contribution in [0.4, 0.5) is 0 Å². The number of esters is 1. The molecule has 1 heterocycles. The van der Waals surface area contributed by atoms with Gasteiger partial charge in [-0.2, -0.15) is 0 Å². The quantitative estimate of drug-likeness (QED) is 0.112. The van der Waals surface area contributed by atoms with Crippen molar-refractivity contribution in [1.29, 1.82) is 0 Å². The van der Waals surface area contributed by atoms with Crippen molar-refractivity contribution in [3.8, 4) is 0 Å². The fourth-order valence-corrected chi connectivity index (χ4v) is 5.09. The van der Waals surface area contributed by atoms with E-state index in [-0.39, 0.29) is 37.2 Å². The van der Waals surface area contributed by atoms with E-state index in [2.05, 4.69) is 52.7 Å². The maximum absolute atomic E-state index is 13.3. The SMILES string of the molecule is C=O.CC.CCOC(=O)C(CCc1ccccc1)NC(C)C(=O)N1C(C)CC(CC)C1CC.COCCOCCO[N+](=O)[O-]. The van der Waals surface area contributed by atoms with Crippen molar-refractivity contribution in [3.63, 3.8) is 0 Å². The lowest BCUT2D eigenvalue weighted by molar-refractivity contribution is -0.758. The van der Waals surface area contributed by atoms with Crippen LogP contribution >= 0.6 is 0 Å². The van der Waals surface area contributed by atoms with Crippen molar-refractivity contribution >= 4 is 18.7 Å². The molecule has 2 rings (SSSR count). The number of likely N-dealkylation sites (tertiary alicyclic amines) is 1. The minimum Gasteiger partial charge on any atom is -0.465 e. The fraction of sp³-hybridized carbons (Fsp3) is 0.719. The van der Waals surface area contributed by atoms with Gasteiger partial charge in [0.15, 0.2) is 0 Å². The van der Waals surface area contributed by atoms with Gasteiger partial charge in [0, 0.05) is 19.2 Å². The van der Waals surface area contributed by atoms with Crippen molar-refractivity contribution in [2.75, 3.05) is 40.1 Å². The van der Waals surface area contributed by atoms with Crippen LogP contribution in [0, 0.1) is 16.0 Å². The van der Waals surface area contributed by atoms with E-state index in [1.807, 2.05) is 52.7 Å². The third kappa shape index (κ3) is 17.3. The van der Waals surface area contributed by atoms with E-state index < -0.39 is 17.2 Å². The summed E-state index contributed by atoms with van der Waals surface area (Å²) in [7, 11) is 1.55. The van der Waals surface area contributed by atoms with Crippen LogP contribution in [0.2, 0.25) is 0 Å². The topological polar surface area (TPSA) is 147 Å². The average Bonchev–Trinajstić information content (AvgIpc) is 3.38. The monoisotopic (exact) mass is 627 g/mol. The van der Waals surface area contributed by atoms with Gasteiger partial charge in [0.1, 0.15) is 19.4 Å². The number of methoxy groups -OCH3 is 1. The predicted octanol–water partition coefficient (Wildman–Crippen LogP) is 4.65. The van der Waals surface area contributed by atoms with E-state index in [1.165, 1.54) is 5.56 Å². The van der Waals surface area contributed by atoms with Crippen LogP contribution in [0.15, 0.2) is 30.3 Å². The van der Waals surface area contributed by atoms with Gasteiger partial charge in [0.25, 0.3) is 5.09 Å². The Morgan fingerprint density at radius 3 is 2.20 bits per heavy atom. The second-order valence-corrected chi connectivity index (χ2v) is 9.85. The van der Waals surface area contributed by atoms with Gasteiger partial charge in [-0.05, 0) is 57.9 Å². The third-order valence-electron chi connectivity index (χ3n) is 7.03. The lowest BCUT2D eigenvalue weighted by Gasteiger charge is -2.33. The highest BCUT2D eigenvalue weighted by Gasteiger charge is 2.41. The van der Waals surface area contributed by atoms with E-state index in [0.29, 0.717) is 32.2 Å². The zero-order valence-electron chi connectivity index (χ0n) is 28.1. The van der Waals surface area contributed by atoms with Gasteiger partial charge >= 0.3 is 5.97 Å². The number of hydrogen-bond donors (Lipinski definition) is 1. The summed E-state index contributed by atoms with van der Waals surface area (Å²) in [5.41, 5.74) is 1.17. The first-order valence-corrected chi connectivity index (χ1v) is 15.6. The number of ether oxygens (including phenoxy) is 3. The van der Waals surface area contributed by atoms with Crippen molar-refractivity contribution in [1.82, 2.24) is 10.2 Å². The molecule has 254 valence electrons. The molecular weight excluding hydrogens is 570 g/mol. The summed E-state index contributed by atoms with van der Waals surface area (Å²) in [6.07, 6.45) is 4.48. The molecule has 1 aromatic carbocycles. The minimum absolute atomic E-state index is 0.0310. The Bertz CT molecular complexity index is 876. The third-order valence-corrected chi connectivity index (χ3v) is 7.03. The zero-order chi connectivity index (χ0) is 33.9. The van der Waals surface area contributed by atoms with Crippen molar-refractivity contribution < 1.29 is 38.5 Å². The normalized spacial score (nSPS) is 18.2. The molecule has 1 aliphatic rings. The van der Waals surface area contributed by atoms with Crippen LogP contribution in [0.3, 0.4) is 0 Å². The van der Waals surface area contributed by atoms with Gasteiger partial charge in [0.2, 0.25) is 5.91 Å². The second-order valence-electron chi connectivity index (χ2n) is 9.85. The van der Waals surface area contributed by atoms with E-state index in [1.54, 1.807) is 7.11 Å². The summed E-state index contributed by atoms with van der Waals surface area (Å²) >= 11 is 0. The Morgan fingerprint density at radius 1 is 1.07 bits per heavy atom. The number of carbonyl (C=O) groups excluding carboxylic acids is 3. The van der Waals surface area contributed by atoms with Crippen molar-refractivity contribution in [2.24, 2.45) is 5.92 Å². The predicted molar refractivity (Wildman–Crippen MR) is 171 cm³/mol. The van der Waals surface area contributed by atoms with Crippen molar-refractivity contribution in [2.45, 2.75) is 105 Å². The van der Waals surface area contributed by atoms with Gasteiger partial charge in [-0.25, -0.2) is 0 Å². The summed E-state index contributed by atoms with van der Waals surface area (Å²) in [5.74, 6) is 0.371. The molecule has 5 unspecified atom stereocenters. The van der Waals surface area contributed by atoms with Gasteiger partial charge in [-0.1, -0.05) is 64.4 Å². The largest absolute Gasteiger partial charge is 0.465 e. The molecule has 44 heavy (non-hydrogen) atoms. The summed E-state index contributed by atoms with van der Waals surface area (Å²) in [6, 6.07) is 9.70. The Labute approximate surface area is 264 Å². The molecule has 0 aromatic heterocycles. The first kappa shape index (κ1) is 43.0. The van der Waals surface area contributed by atoms with E-state index in [4.69, 9.17) is 14.3 Å². The zero-order valence-corrected chi connectivity index (χ0v) is 28.1. The Kier molecular flexibility index (Phi) is 26.9. The highest BCUT2D eigenvalue weighted by molar-refractivity contribution is 5.84. The molecule has 0 radical (unpaired) electrons. The lowest BCUT2D eigenvalue weighted by Crippen LogP contribution is -2.54. The molecule has 5 atom stereocenters. The number of nitrogens with one attached hydrogen (secondary N) is 1. The van der Waals surface area contributed by atoms with Gasteiger partial charge < -0.3 is 28.7 Å². The molecule has 1 aromatic rings. The molecule has 1 N–H and O–H groups in total. The van der Waals surface area contributed by atoms with Crippen LogP contribution in [0.1, 0.15) is 79.7 Å². The van der Waals surface area contributed by atoms with Gasteiger partial charge in [0.05, 0.1) is 32.5 Å². The molecule has 1 amide bonds. The number of aryl methyl sites for hydroxylation is 1. The Hall–Kier alpha value is -3.09. The number of hydrogen-bond acceptors (Lipinski definition) is 10. The van der Waals surface area contributed by atoms with Crippen LogP contribution in [-0.2, 0) is 39.9 Å². The summed E-state index contributed by atoms with van der Waals surface area (Å²) < 4.78 is 14.8. The lowest BCUT2D eigenvalue weighted by atomic mass is 9.95. The molecule has 1 aliphatic heterocycles. The Balaban J connectivity index is 0. The molecule has 12 nitrogen and oxygen atoms in total. The maximum atomic E-state index is 13.3. The van der Waals surface area contributed by atoms with Crippen molar-refractivity contribution in [3.05, 3.63) is 46.0 Å². The molecule has 0 aliphatic carbocycles. The van der Waals surface area contributed by atoms with E-state index in [9.17, 15) is 19.7 Å². The highest BCUT2D eigenvalue weighted by atomic mass is 17.0. The molecule has 0 spiro atoms. The number of carbonyl (C=O) groups is 3. The smallest absolute Gasteiger partial charge is 0.323 e. The molecule has 1 saturated heterocycles. The molecular formula is C32H57N3O9. The van der Waals surface area contributed by atoms with Crippen LogP contribution in [-0.4, -0.2) is 93.0 Å². The highest BCUT2D eigenvalue weighted by Crippen LogP contribution is 2.34. The number of amides is 1. The number of nitrogens with zero attached hydrogens (tertiary/aromatic N) is 2. The first-order chi connectivity index (χ1) is 21.2. The molecule has 1 fully saturated rings. The molecule has 0 saturated carbocycles. The standard InChI is InChI=1S/C24H38N2O3.C5H11NO5.C2H6.CH2O/c1-6-20-16-17(4)26(22(20)7-2)23(27)18(5)25-21(24(28)29-8-3)15-14-19-12-10-9-11-13-19;1-9-2-3-10-4-5-11-6(7)8;2*1-2/h9-13,17-18,20-22,25H,6-8,14-16H2,1-5H3;2-5H2,1H3;1-2H3;1H2. The van der Waals surface area contributed by atoms with Crippen LogP contribution < -0.4 is 5.32 Å². The average molecular weight is 628 g/mol. The van der Waals surface area contributed by atoms with Gasteiger partial charge in [-0.3, -0.25) is 14.9 Å². The summed E-state index contributed by atoms with van der Waals surface area (Å²) in [5, 5.41) is 12.0. The summed E-state index contributed by atoms with van der Waals surface area (Å²) in [4.78, 5) is 49.4. The van der Waals surface area contributed by atoms with Crippen LogP contribution in [0.25, 0.3) is 0 Å². The maximum Gasteiger partial charge on any atom is 0.323 e. The van der Waals surface area contributed by atoms with Gasteiger partial charge in [-0.15, -0.1) is 10.1 Å².